The lowest BCUT2D eigenvalue weighted by molar-refractivity contribution is 0.0190. The average Bonchev–Trinajstić information content (AvgIpc) is 3.49. The molecule has 3 aliphatic rings. The monoisotopic (exact) mass is 485 g/mol. The lowest BCUT2D eigenvalue weighted by Crippen LogP contribution is -2.58. The van der Waals surface area contributed by atoms with E-state index in [9.17, 15) is 4.79 Å². The minimum absolute atomic E-state index is 0.0179. The Balaban J connectivity index is 1.37. The van der Waals surface area contributed by atoms with Crippen molar-refractivity contribution in [3.8, 4) is 5.88 Å². The number of aromatic nitrogens is 4. The number of aromatic amines is 1. The summed E-state index contributed by atoms with van der Waals surface area (Å²) in [6, 6.07) is 4.28. The van der Waals surface area contributed by atoms with Crippen molar-refractivity contribution in [2.45, 2.75) is 76.6 Å². The van der Waals surface area contributed by atoms with Crippen molar-refractivity contribution in [2.24, 2.45) is 0 Å². The highest BCUT2D eigenvalue weighted by Gasteiger charge is 2.43. The smallest absolute Gasteiger partial charge is 0.410 e. The molecule has 0 spiro atoms. The fourth-order valence-electron chi connectivity index (χ4n) is 5.41. The van der Waals surface area contributed by atoms with Crippen molar-refractivity contribution < 1.29 is 19.0 Å². The number of fused-ring (bicyclic) bond motifs is 2. The summed E-state index contributed by atoms with van der Waals surface area (Å²) < 4.78 is 17.0. The molecule has 0 aliphatic carbocycles. The molecule has 190 valence electrons. The number of anilines is 3. The predicted molar refractivity (Wildman–Crippen MR) is 130 cm³/mol. The van der Waals surface area contributed by atoms with E-state index in [1.807, 2.05) is 31.9 Å². The molecule has 0 saturated carbocycles. The highest BCUT2D eigenvalue weighted by atomic mass is 16.6. The van der Waals surface area contributed by atoms with E-state index in [0.29, 0.717) is 43.3 Å². The molecule has 5 rings (SSSR count). The zero-order chi connectivity index (χ0) is 24.4. The zero-order valence-corrected chi connectivity index (χ0v) is 20.7. The van der Waals surface area contributed by atoms with Crippen molar-refractivity contribution in [2.75, 3.05) is 37.1 Å². The van der Waals surface area contributed by atoms with E-state index in [-0.39, 0.29) is 30.3 Å². The van der Waals surface area contributed by atoms with Crippen LogP contribution in [-0.2, 0) is 9.47 Å². The Morgan fingerprint density at radius 2 is 2.03 bits per heavy atom. The van der Waals surface area contributed by atoms with Gasteiger partial charge in [-0.3, -0.25) is 5.10 Å². The third kappa shape index (κ3) is 5.29. The van der Waals surface area contributed by atoms with Gasteiger partial charge < -0.3 is 29.3 Å². The van der Waals surface area contributed by atoms with E-state index in [0.717, 1.165) is 44.2 Å². The first kappa shape index (κ1) is 23.7. The maximum atomic E-state index is 12.6. The predicted octanol–water partition coefficient (Wildman–Crippen LogP) is 3.40. The quantitative estimate of drug-likeness (QED) is 0.608. The highest BCUT2D eigenvalue weighted by Crippen LogP contribution is 2.37. The van der Waals surface area contributed by atoms with Crippen LogP contribution < -0.4 is 15.0 Å². The van der Waals surface area contributed by atoms with Crippen LogP contribution in [0.1, 0.15) is 51.1 Å². The van der Waals surface area contributed by atoms with Crippen LogP contribution >= 0.6 is 0 Å². The Labute approximate surface area is 205 Å². The van der Waals surface area contributed by atoms with Crippen LogP contribution in [0.2, 0.25) is 0 Å². The summed E-state index contributed by atoms with van der Waals surface area (Å²) in [5.41, 5.74) is 0.957. The van der Waals surface area contributed by atoms with Crippen LogP contribution in [0.25, 0.3) is 0 Å². The molecule has 1 amide bonds. The van der Waals surface area contributed by atoms with Crippen LogP contribution in [-0.4, -0.2) is 82.3 Å². The molecular weight excluding hydrogens is 450 g/mol. The summed E-state index contributed by atoms with van der Waals surface area (Å²) in [5, 5.41) is 10.5. The first-order valence-electron chi connectivity index (χ1n) is 12.6. The van der Waals surface area contributed by atoms with Gasteiger partial charge in [0.25, 0.3) is 0 Å². The molecule has 0 radical (unpaired) electrons. The third-order valence-corrected chi connectivity index (χ3v) is 7.12. The standard InChI is InChI=1S/C24H35N7O4/c1-4-34-24(32)31-16-6-5-7-17(31)12-18(11-16)30(3)23-26-20(25-21-10-15(2)28-29-21)13-22(27-23)35-19-8-9-33-14-19/h10,13,16-19H,4-9,11-12,14H2,1-3H3,(H2,25,26,27,28,29)/t16-,17+,18-,19-/m1/s1. The molecule has 4 atom stereocenters. The number of carbonyl (C=O) groups excluding carboxylic acids is 1. The van der Waals surface area contributed by atoms with Gasteiger partial charge in [0.2, 0.25) is 11.8 Å². The fourth-order valence-corrected chi connectivity index (χ4v) is 5.41. The Kier molecular flexibility index (Phi) is 6.94. The summed E-state index contributed by atoms with van der Waals surface area (Å²) in [4.78, 5) is 26.3. The summed E-state index contributed by atoms with van der Waals surface area (Å²) in [5.74, 6) is 2.40. The summed E-state index contributed by atoms with van der Waals surface area (Å²) >= 11 is 0. The second-order valence-corrected chi connectivity index (χ2v) is 9.64. The van der Waals surface area contributed by atoms with Gasteiger partial charge in [0.1, 0.15) is 11.9 Å². The number of nitrogens with one attached hydrogen (secondary N) is 2. The van der Waals surface area contributed by atoms with Crippen molar-refractivity contribution >= 4 is 23.7 Å². The molecule has 2 aromatic heterocycles. The molecule has 3 aliphatic heterocycles. The lowest BCUT2D eigenvalue weighted by Gasteiger charge is -2.49. The van der Waals surface area contributed by atoms with Crippen molar-refractivity contribution in [1.29, 1.82) is 0 Å². The van der Waals surface area contributed by atoms with Gasteiger partial charge >= 0.3 is 6.09 Å². The highest BCUT2D eigenvalue weighted by molar-refractivity contribution is 5.69. The van der Waals surface area contributed by atoms with Gasteiger partial charge in [-0.2, -0.15) is 15.1 Å². The Hall–Kier alpha value is -3.08. The number of rotatable bonds is 7. The van der Waals surface area contributed by atoms with E-state index in [4.69, 9.17) is 24.2 Å². The molecule has 11 nitrogen and oxygen atoms in total. The fraction of sp³-hybridized carbons (Fsp3) is 0.667. The summed E-state index contributed by atoms with van der Waals surface area (Å²) in [6.45, 7) is 5.46. The van der Waals surface area contributed by atoms with Crippen molar-refractivity contribution in [1.82, 2.24) is 25.1 Å². The number of carbonyl (C=O) groups is 1. The van der Waals surface area contributed by atoms with Gasteiger partial charge in [0.05, 0.1) is 19.8 Å². The van der Waals surface area contributed by atoms with E-state index in [1.165, 1.54) is 0 Å². The van der Waals surface area contributed by atoms with Crippen LogP contribution in [0, 0.1) is 6.92 Å². The molecule has 0 unspecified atom stereocenters. The van der Waals surface area contributed by atoms with Gasteiger partial charge in [-0.25, -0.2) is 4.79 Å². The number of hydrogen-bond donors (Lipinski definition) is 2. The van der Waals surface area contributed by atoms with Crippen molar-refractivity contribution in [3.05, 3.63) is 17.8 Å². The maximum Gasteiger partial charge on any atom is 0.410 e. The Morgan fingerprint density at radius 3 is 2.69 bits per heavy atom. The summed E-state index contributed by atoms with van der Waals surface area (Å²) in [6.07, 6.45) is 5.49. The third-order valence-electron chi connectivity index (χ3n) is 7.12. The van der Waals surface area contributed by atoms with Crippen molar-refractivity contribution in [3.63, 3.8) is 0 Å². The molecule has 2 bridgehead atoms. The summed E-state index contributed by atoms with van der Waals surface area (Å²) in [7, 11) is 2.03. The maximum absolute atomic E-state index is 12.6. The van der Waals surface area contributed by atoms with E-state index in [1.54, 1.807) is 6.07 Å². The van der Waals surface area contributed by atoms with Crippen LogP contribution in [0.3, 0.4) is 0 Å². The average molecular weight is 486 g/mol. The van der Waals surface area contributed by atoms with Gasteiger partial charge in [0, 0.05) is 49.4 Å². The molecule has 2 aromatic rings. The molecule has 11 heteroatoms. The topological polar surface area (TPSA) is 118 Å². The number of aryl methyl sites for hydroxylation is 1. The second-order valence-electron chi connectivity index (χ2n) is 9.64. The van der Waals surface area contributed by atoms with Gasteiger partial charge in [-0.05, 0) is 46.0 Å². The van der Waals surface area contributed by atoms with Gasteiger partial charge in [-0.1, -0.05) is 0 Å². The number of ether oxygens (including phenoxy) is 3. The van der Waals surface area contributed by atoms with Gasteiger partial charge in [0.15, 0.2) is 5.82 Å². The van der Waals surface area contributed by atoms with E-state index in [2.05, 4.69) is 20.4 Å². The molecule has 3 saturated heterocycles. The minimum Gasteiger partial charge on any atom is -0.472 e. The normalized spacial score (nSPS) is 25.9. The van der Waals surface area contributed by atoms with Crippen LogP contribution in [0.4, 0.5) is 22.4 Å². The first-order chi connectivity index (χ1) is 17.0. The van der Waals surface area contributed by atoms with Crippen LogP contribution in [0.5, 0.6) is 5.88 Å². The number of nitrogens with zero attached hydrogens (tertiary/aromatic N) is 5. The SMILES string of the molecule is CCOC(=O)N1[C@@H]2CCC[C@H]1C[C@H](N(C)c1nc(Nc3cc(C)[nH]n3)cc(O[C@@H]3CCOC3)n1)C2. The second kappa shape index (κ2) is 10.3. The molecule has 0 aromatic carbocycles. The lowest BCUT2D eigenvalue weighted by atomic mass is 9.81. The van der Waals surface area contributed by atoms with Crippen LogP contribution in [0.15, 0.2) is 12.1 Å². The molecule has 35 heavy (non-hydrogen) atoms. The molecular formula is C24H35N7O4. The van der Waals surface area contributed by atoms with E-state index >= 15 is 0 Å². The van der Waals surface area contributed by atoms with Gasteiger partial charge in [-0.15, -0.1) is 0 Å². The number of piperidine rings is 2. The number of amides is 1. The minimum atomic E-state index is -0.186. The molecule has 5 heterocycles. The first-order valence-corrected chi connectivity index (χ1v) is 12.6. The molecule has 2 N–H and O–H groups in total. The Morgan fingerprint density at radius 1 is 1.23 bits per heavy atom. The van der Waals surface area contributed by atoms with E-state index < -0.39 is 0 Å². The number of hydrogen-bond acceptors (Lipinski definition) is 9. The largest absolute Gasteiger partial charge is 0.472 e. The molecule has 3 fully saturated rings. The zero-order valence-electron chi connectivity index (χ0n) is 20.7. The Bertz CT molecular complexity index is 1010. The number of H-pyrrole nitrogens is 1.